The van der Waals surface area contributed by atoms with Crippen molar-refractivity contribution in [1.82, 2.24) is 15.6 Å². The number of nitrogens with one attached hydrogen (secondary N) is 2. The molecule has 2 unspecified atom stereocenters. The topological polar surface area (TPSA) is 133 Å². The van der Waals surface area contributed by atoms with Gasteiger partial charge >= 0.3 is 7.12 Å². The first-order valence-corrected chi connectivity index (χ1v) is 12.8. The normalized spacial score (nSPS) is 17.6. The zero-order valence-corrected chi connectivity index (χ0v) is 22.0. The highest BCUT2D eigenvalue weighted by atomic mass is 35.5. The van der Waals surface area contributed by atoms with Gasteiger partial charge in [-0.1, -0.05) is 73.1 Å². The number of benzene rings is 2. The number of hydrogen-bond acceptors (Lipinski definition) is 7. The molecule has 198 valence electrons. The Balaban J connectivity index is 1.51. The molecule has 0 aliphatic carbocycles. The van der Waals surface area contributed by atoms with Crippen LogP contribution >= 0.6 is 11.6 Å². The van der Waals surface area contributed by atoms with Crippen LogP contribution in [0.15, 0.2) is 65.9 Å². The molecule has 0 spiro atoms. The number of carbonyl (C=O) groups is 2. The van der Waals surface area contributed by atoms with E-state index in [9.17, 15) is 19.6 Å². The van der Waals surface area contributed by atoms with Gasteiger partial charge in [-0.3, -0.25) is 14.6 Å². The second-order valence-corrected chi connectivity index (χ2v) is 10.3. The molecule has 11 heteroatoms. The number of amides is 2. The number of halogens is 1. The number of fused-ring (bicyclic) bond motifs is 1. The van der Waals surface area contributed by atoms with E-state index in [1.54, 1.807) is 30.5 Å². The first kappa shape index (κ1) is 27.6. The van der Waals surface area contributed by atoms with Crippen LogP contribution in [-0.2, 0) is 16.1 Å². The smallest absolute Gasteiger partial charge is 0.426 e. The van der Waals surface area contributed by atoms with E-state index in [1.807, 2.05) is 44.2 Å². The third kappa shape index (κ3) is 6.32. The van der Waals surface area contributed by atoms with Crippen LogP contribution in [0.1, 0.15) is 42.7 Å². The van der Waals surface area contributed by atoms with Crippen molar-refractivity contribution in [2.24, 2.45) is 11.1 Å². The average molecular weight is 537 g/mol. The maximum absolute atomic E-state index is 13.6. The van der Waals surface area contributed by atoms with E-state index in [0.717, 1.165) is 10.8 Å². The van der Waals surface area contributed by atoms with Gasteiger partial charge in [-0.25, -0.2) is 0 Å². The largest absolute Gasteiger partial charge is 0.475 e. The van der Waals surface area contributed by atoms with Gasteiger partial charge in [-0.05, 0) is 35.4 Å². The van der Waals surface area contributed by atoms with Gasteiger partial charge in [0.05, 0.1) is 18.2 Å². The molecule has 0 saturated carbocycles. The monoisotopic (exact) mass is 536 g/mol. The number of nitrogens with zero attached hydrogens (tertiary/aromatic N) is 2. The molecule has 1 aliphatic rings. The van der Waals surface area contributed by atoms with E-state index >= 15 is 0 Å². The Kier molecular flexibility index (Phi) is 8.66. The second-order valence-electron chi connectivity index (χ2n) is 9.87. The van der Waals surface area contributed by atoms with Gasteiger partial charge in [0.1, 0.15) is 5.69 Å². The second kappa shape index (κ2) is 11.9. The maximum atomic E-state index is 13.6. The molecule has 38 heavy (non-hydrogen) atoms. The maximum Gasteiger partial charge on any atom is 0.475 e. The summed E-state index contributed by atoms with van der Waals surface area (Å²) < 4.78 is 0. The van der Waals surface area contributed by atoms with Crippen LogP contribution in [0.25, 0.3) is 10.8 Å². The lowest BCUT2D eigenvalue weighted by atomic mass is 9.74. The lowest BCUT2D eigenvalue weighted by molar-refractivity contribution is -0.144. The summed E-state index contributed by atoms with van der Waals surface area (Å²) >= 11 is 6.38. The number of rotatable bonds is 10. The Morgan fingerprint density at radius 3 is 2.61 bits per heavy atom. The van der Waals surface area contributed by atoms with Crippen molar-refractivity contribution in [1.29, 1.82) is 0 Å². The summed E-state index contributed by atoms with van der Waals surface area (Å²) in [6.07, 6.45) is 2.10. The van der Waals surface area contributed by atoms with Crippen molar-refractivity contribution >= 4 is 47.0 Å². The molecule has 0 saturated heterocycles. The first-order chi connectivity index (χ1) is 18.2. The minimum absolute atomic E-state index is 0.0410. The van der Waals surface area contributed by atoms with Crippen molar-refractivity contribution in [2.45, 2.75) is 44.7 Å². The number of aromatic nitrogens is 1. The van der Waals surface area contributed by atoms with Crippen molar-refractivity contribution in [3.8, 4) is 0 Å². The third-order valence-corrected chi connectivity index (χ3v) is 6.80. The molecule has 2 atom stereocenters. The summed E-state index contributed by atoms with van der Waals surface area (Å²) in [5.74, 6) is -1.71. The van der Waals surface area contributed by atoms with Crippen LogP contribution in [0.4, 0.5) is 0 Å². The van der Waals surface area contributed by atoms with E-state index in [0.29, 0.717) is 22.7 Å². The first-order valence-electron chi connectivity index (χ1n) is 12.4. The van der Waals surface area contributed by atoms with Crippen LogP contribution in [0.3, 0.4) is 0 Å². The molecule has 1 aromatic heterocycles. The Morgan fingerprint density at radius 1 is 1.13 bits per heavy atom. The van der Waals surface area contributed by atoms with Crippen LogP contribution in [0.2, 0.25) is 5.02 Å². The van der Waals surface area contributed by atoms with Gasteiger partial charge in [0, 0.05) is 29.4 Å². The standard InChI is InChI=1S/C27H30BClN4O5/c1-17(2)13-23(28(36)37)32-26(35)27(14-19-8-4-6-10-22(19)29)15-20(33-38-27)16-31-25(34)24-21-9-5-3-7-18(21)11-12-30-24/h3-12,17,23,36-37H,13-16H2,1-2H3,(H,31,34)(H,32,35). The molecule has 2 aromatic carbocycles. The molecular weight excluding hydrogens is 507 g/mol. The van der Waals surface area contributed by atoms with Crippen LogP contribution in [0, 0.1) is 5.92 Å². The fraction of sp³-hybridized carbons (Fsp3) is 0.333. The third-order valence-electron chi connectivity index (χ3n) is 6.43. The van der Waals surface area contributed by atoms with E-state index < -0.39 is 24.6 Å². The minimum Gasteiger partial charge on any atom is -0.426 e. The quantitative estimate of drug-likeness (QED) is 0.295. The minimum atomic E-state index is -1.74. The number of oxime groups is 1. The lowest BCUT2D eigenvalue weighted by Crippen LogP contribution is -2.56. The molecule has 9 nitrogen and oxygen atoms in total. The van der Waals surface area contributed by atoms with Gasteiger partial charge in [-0.15, -0.1) is 0 Å². The van der Waals surface area contributed by atoms with Crippen LogP contribution in [-0.4, -0.2) is 57.8 Å². The van der Waals surface area contributed by atoms with E-state index in [-0.39, 0.29) is 36.9 Å². The van der Waals surface area contributed by atoms with Crippen LogP contribution in [0.5, 0.6) is 0 Å². The summed E-state index contributed by atoms with van der Waals surface area (Å²) in [6.45, 7) is 3.88. The molecule has 2 amide bonds. The van der Waals surface area contributed by atoms with Crippen molar-refractivity contribution < 1.29 is 24.5 Å². The average Bonchev–Trinajstić information content (AvgIpc) is 3.31. The number of pyridine rings is 1. The van der Waals surface area contributed by atoms with E-state index in [4.69, 9.17) is 16.4 Å². The zero-order valence-electron chi connectivity index (χ0n) is 21.2. The zero-order chi connectivity index (χ0) is 27.3. The number of hydrogen-bond donors (Lipinski definition) is 4. The summed E-state index contributed by atoms with van der Waals surface area (Å²) in [5.41, 5.74) is -0.0658. The molecule has 0 radical (unpaired) electrons. The summed E-state index contributed by atoms with van der Waals surface area (Å²) in [5, 5.41) is 31.5. The Labute approximate surface area is 226 Å². The van der Waals surface area contributed by atoms with Gasteiger partial charge in [0.2, 0.25) is 5.60 Å². The van der Waals surface area contributed by atoms with Gasteiger partial charge in [0.15, 0.2) is 0 Å². The molecular formula is C27H30BClN4O5. The predicted octanol–water partition coefficient (Wildman–Crippen LogP) is 2.92. The lowest BCUT2D eigenvalue weighted by Gasteiger charge is -2.29. The van der Waals surface area contributed by atoms with Gasteiger partial charge in [0.25, 0.3) is 11.8 Å². The molecule has 0 bridgehead atoms. The van der Waals surface area contributed by atoms with E-state index in [1.165, 1.54) is 0 Å². The van der Waals surface area contributed by atoms with Gasteiger partial charge < -0.3 is 25.5 Å². The molecule has 3 aromatic rings. The Hall–Kier alpha value is -3.47. The predicted molar refractivity (Wildman–Crippen MR) is 147 cm³/mol. The van der Waals surface area contributed by atoms with Gasteiger partial charge in [-0.2, -0.15) is 0 Å². The summed E-state index contributed by atoms with van der Waals surface area (Å²) in [6, 6.07) is 16.4. The fourth-order valence-corrected chi connectivity index (χ4v) is 4.72. The molecule has 4 rings (SSSR count). The molecule has 2 heterocycles. The number of carbonyl (C=O) groups excluding carboxylic acids is 2. The SMILES string of the molecule is CC(C)CC(NC(=O)C1(Cc2ccccc2Cl)CC(CNC(=O)c2nccc3ccccc23)=NO1)B(O)O. The summed E-state index contributed by atoms with van der Waals surface area (Å²) in [4.78, 5) is 36.5. The highest BCUT2D eigenvalue weighted by Crippen LogP contribution is 2.32. The van der Waals surface area contributed by atoms with Crippen molar-refractivity contribution in [2.75, 3.05) is 6.54 Å². The molecule has 1 aliphatic heterocycles. The highest BCUT2D eigenvalue weighted by molar-refractivity contribution is 6.43. The molecule has 4 N–H and O–H groups in total. The van der Waals surface area contributed by atoms with E-state index in [2.05, 4.69) is 20.8 Å². The van der Waals surface area contributed by atoms with Crippen molar-refractivity contribution in [3.05, 3.63) is 77.1 Å². The van der Waals surface area contributed by atoms with Crippen LogP contribution < -0.4 is 10.6 Å². The molecule has 0 fully saturated rings. The van der Waals surface area contributed by atoms with Crippen molar-refractivity contribution in [3.63, 3.8) is 0 Å². The summed E-state index contributed by atoms with van der Waals surface area (Å²) in [7, 11) is -1.74. The Morgan fingerprint density at radius 2 is 1.87 bits per heavy atom. The highest BCUT2D eigenvalue weighted by Gasteiger charge is 2.48. The fourth-order valence-electron chi connectivity index (χ4n) is 4.52. The Bertz CT molecular complexity index is 1350.